The Labute approximate surface area is 201 Å². The molecule has 34 heavy (non-hydrogen) atoms. The molecule has 3 aromatic rings. The number of hydrogen-bond acceptors (Lipinski definition) is 7. The first-order valence-electron chi connectivity index (χ1n) is 10.0. The number of hydrogen-bond donors (Lipinski definition) is 3. The van der Waals surface area contributed by atoms with Gasteiger partial charge in [0, 0.05) is 32.3 Å². The molecule has 0 saturated heterocycles. The number of urea groups is 1. The molecule has 0 aliphatic rings. The third kappa shape index (κ3) is 7.08. The second-order valence-corrected chi connectivity index (χ2v) is 9.08. The van der Waals surface area contributed by atoms with Gasteiger partial charge in [0.05, 0.1) is 28.9 Å². The topological polar surface area (TPSA) is 119 Å². The van der Waals surface area contributed by atoms with Crippen LogP contribution in [0, 0.1) is 11.6 Å². The van der Waals surface area contributed by atoms with E-state index >= 15 is 0 Å². The van der Waals surface area contributed by atoms with Crippen molar-refractivity contribution in [2.45, 2.75) is 12.5 Å². The van der Waals surface area contributed by atoms with E-state index < -0.39 is 41.2 Å². The standard InChI is InChI=1S/C21H23F2N5O4S2/c1-28(16-3-4-19-17(11-16)24-12-33-19)20(29)18(9-13-7-14(22)10-15(23)8-13)26-21(30)27-34(31)25-5-6-32-2/h3-4,7-8,10-12,18,25H,5-6,9H2,1-2H3,(H2,26,27,30)/t18-,34?/m0/s1. The molecule has 1 unspecified atom stereocenters. The molecule has 0 spiro atoms. The van der Waals surface area contributed by atoms with Gasteiger partial charge in [0.2, 0.25) is 5.91 Å². The number of nitrogens with zero attached hydrogens (tertiary/aromatic N) is 2. The van der Waals surface area contributed by atoms with E-state index in [4.69, 9.17) is 4.74 Å². The normalized spacial score (nSPS) is 12.9. The highest BCUT2D eigenvalue weighted by atomic mass is 32.2. The average Bonchev–Trinajstić information content (AvgIpc) is 3.25. The molecule has 2 atom stereocenters. The Kier molecular flexibility index (Phi) is 9.12. The maximum atomic E-state index is 13.7. The van der Waals surface area contributed by atoms with Crippen LogP contribution < -0.4 is 19.7 Å². The Hall–Kier alpha value is -2.84. The molecule has 0 bridgehead atoms. The predicted molar refractivity (Wildman–Crippen MR) is 127 cm³/mol. The van der Waals surface area contributed by atoms with E-state index in [9.17, 15) is 22.9 Å². The second-order valence-electron chi connectivity index (χ2n) is 7.17. The lowest BCUT2D eigenvalue weighted by molar-refractivity contribution is -0.120. The number of halogens is 2. The second kappa shape index (κ2) is 12.0. The van der Waals surface area contributed by atoms with Gasteiger partial charge in [0.1, 0.15) is 17.7 Å². The van der Waals surface area contributed by atoms with Crippen LogP contribution >= 0.6 is 11.3 Å². The lowest BCUT2D eigenvalue weighted by atomic mass is 10.0. The van der Waals surface area contributed by atoms with E-state index in [0.29, 0.717) is 17.3 Å². The van der Waals surface area contributed by atoms with Crippen LogP contribution in [0.1, 0.15) is 5.56 Å². The molecule has 1 aromatic heterocycles. The molecule has 9 nitrogen and oxygen atoms in total. The summed E-state index contributed by atoms with van der Waals surface area (Å²) in [6.07, 6.45) is -0.200. The number of thiazole rings is 1. The van der Waals surface area contributed by atoms with Gasteiger partial charge in [-0.2, -0.15) is 0 Å². The van der Waals surface area contributed by atoms with Crippen molar-refractivity contribution in [2.75, 3.05) is 32.2 Å². The highest BCUT2D eigenvalue weighted by Gasteiger charge is 2.27. The first kappa shape index (κ1) is 25.8. The molecule has 1 heterocycles. The van der Waals surface area contributed by atoms with Crippen molar-refractivity contribution in [3.8, 4) is 0 Å². The van der Waals surface area contributed by atoms with Gasteiger partial charge in [-0.15, -0.1) is 20.8 Å². The molecule has 13 heteroatoms. The zero-order valence-corrected chi connectivity index (χ0v) is 20.0. The molecule has 3 rings (SSSR count). The minimum atomic E-state index is -1.94. The number of amides is 3. The highest BCUT2D eigenvalue weighted by Crippen LogP contribution is 2.24. The minimum absolute atomic E-state index is 0.166. The summed E-state index contributed by atoms with van der Waals surface area (Å²) >= 11 is -0.483. The van der Waals surface area contributed by atoms with Crippen LogP contribution in [0.15, 0.2) is 41.9 Å². The number of ether oxygens (including phenoxy) is 1. The summed E-state index contributed by atoms with van der Waals surface area (Å²) in [4.78, 5) is 31.3. The molecule has 0 aliphatic carbocycles. The SMILES string of the molecule is COCCN[S+]([O-])NC(=O)N[C@@H](Cc1cc(F)cc(F)c1)C(=O)N(C)c1ccc2scnc2c1. The maximum absolute atomic E-state index is 13.7. The van der Waals surface area contributed by atoms with Gasteiger partial charge in [-0.05, 0) is 35.9 Å². The van der Waals surface area contributed by atoms with Crippen LogP contribution in [0.4, 0.5) is 19.3 Å². The van der Waals surface area contributed by atoms with Gasteiger partial charge in [0.15, 0.2) is 11.5 Å². The molecular weight excluding hydrogens is 488 g/mol. The van der Waals surface area contributed by atoms with Crippen molar-refractivity contribution in [3.05, 3.63) is 59.1 Å². The summed E-state index contributed by atoms with van der Waals surface area (Å²) in [5, 5.41) is 2.44. The smallest absolute Gasteiger partial charge is 0.358 e. The van der Waals surface area contributed by atoms with Crippen molar-refractivity contribution < 1.29 is 27.7 Å². The van der Waals surface area contributed by atoms with E-state index in [2.05, 4.69) is 19.7 Å². The van der Waals surface area contributed by atoms with Gasteiger partial charge in [0.25, 0.3) is 0 Å². The summed E-state index contributed by atoms with van der Waals surface area (Å²) in [5.74, 6) is -2.17. The van der Waals surface area contributed by atoms with Gasteiger partial charge >= 0.3 is 6.03 Å². The van der Waals surface area contributed by atoms with Crippen LogP contribution in [0.3, 0.4) is 0 Å². The van der Waals surface area contributed by atoms with Crippen molar-refractivity contribution >= 4 is 50.7 Å². The molecule has 3 N–H and O–H groups in total. The number of carbonyl (C=O) groups is 2. The van der Waals surface area contributed by atoms with Crippen molar-refractivity contribution in [1.82, 2.24) is 19.7 Å². The molecule has 3 amide bonds. The number of likely N-dealkylation sites (N-methyl/N-ethyl adjacent to an activating group) is 1. The van der Waals surface area contributed by atoms with E-state index in [1.807, 2.05) is 6.07 Å². The van der Waals surface area contributed by atoms with Crippen LogP contribution in [-0.2, 0) is 27.5 Å². The zero-order valence-electron chi connectivity index (χ0n) is 18.3. The lowest BCUT2D eigenvalue weighted by Gasteiger charge is -2.25. The average molecular weight is 512 g/mol. The van der Waals surface area contributed by atoms with Gasteiger partial charge in [-0.25, -0.2) is 18.6 Å². The summed E-state index contributed by atoms with van der Waals surface area (Å²) < 4.78 is 49.8. The van der Waals surface area contributed by atoms with Gasteiger partial charge in [-0.3, -0.25) is 4.79 Å². The molecule has 0 radical (unpaired) electrons. The van der Waals surface area contributed by atoms with Crippen molar-refractivity contribution in [1.29, 1.82) is 0 Å². The molecular formula is C21H23F2N5O4S2. The highest BCUT2D eigenvalue weighted by molar-refractivity contribution is 7.88. The van der Waals surface area contributed by atoms with E-state index in [1.165, 1.54) is 30.4 Å². The van der Waals surface area contributed by atoms with Gasteiger partial charge < -0.3 is 19.5 Å². The molecule has 2 aromatic carbocycles. The van der Waals surface area contributed by atoms with Crippen LogP contribution in [-0.4, -0.2) is 54.8 Å². The Morgan fingerprint density at radius 2 is 1.97 bits per heavy atom. The third-order valence-corrected chi connectivity index (χ3v) is 6.37. The van der Waals surface area contributed by atoms with E-state index in [0.717, 1.165) is 16.8 Å². The van der Waals surface area contributed by atoms with Crippen LogP contribution in [0.2, 0.25) is 0 Å². The number of aromatic nitrogens is 1. The molecule has 182 valence electrons. The predicted octanol–water partition coefficient (Wildman–Crippen LogP) is 2.26. The third-order valence-electron chi connectivity index (χ3n) is 4.72. The summed E-state index contributed by atoms with van der Waals surface area (Å²) in [7, 11) is 2.98. The monoisotopic (exact) mass is 511 g/mol. The molecule has 0 aliphatic heterocycles. The van der Waals surface area contributed by atoms with Gasteiger partial charge in [-0.1, -0.05) is 0 Å². The van der Waals surface area contributed by atoms with Crippen LogP contribution in [0.25, 0.3) is 10.2 Å². The molecule has 0 fully saturated rings. The fourth-order valence-electron chi connectivity index (χ4n) is 3.12. The fraction of sp³-hybridized carbons (Fsp3) is 0.286. The number of rotatable bonds is 10. The number of nitrogens with one attached hydrogen (secondary N) is 3. The first-order valence-corrected chi connectivity index (χ1v) is 12.1. The first-order chi connectivity index (χ1) is 16.3. The number of benzene rings is 2. The Bertz CT molecular complexity index is 1130. The summed E-state index contributed by atoms with van der Waals surface area (Å²) in [6, 6.07) is 6.02. The largest absolute Gasteiger partial charge is 0.573 e. The van der Waals surface area contributed by atoms with E-state index in [-0.39, 0.29) is 25.1 Å². The Balaban J connectivity index is 1.77. The number of methoxy groups -OCH3 is 1. The fourth-order valence-corrected chi connectivity index (χ4v) is 4.35. The Morgan fingerprint density at radius 3 is 2.68 bits per heavy atom. The number of anilines is 1. The summed E-state index contributed by atoms with van der Waals surface area (Å²) in [6.45, 7) is 0.492. The zero-order chi connectivity index (χ0) is 24.7. The molecule has 0 saturated carbocycles. The van der Waals surface area contributed by atoms with Crippen molar-refractivity contribution in [3.63, 3.8) is 0 Å². The van der Waals surface area contributed by atoms with E-state index in [1.54, 1.807) is 17.6 Å². The lowest BCUT2D eigenvalue weighted by Crippen LogP contribution is -2.54. The summed E-state index contributed by atoms with van der Waals surface area (Å²) in [5.41, 5.74) is 3.07. The van der Waals surface area contributed by atoms with Crippen molar-refractivity contribution in [2.24, 2.45) is 0 Å². The van der Waals surface area contributed by atoms with Crippen LogP contribution in [0.5, 0.6) is 0 Å². The quantitative estimate of drug-likeness (QED) is 0.284. The number of fused-ring (bicyclic) bond motifs is 1. The number of carbonyl (C=O) groups excluding carboxylic acids is 2. The maximum Gasteiger partial charge on any atom is 0.358 e. The minimum Gasteiger partial charge on any atom is -0.573 e. The Morgan fingerprint density at radius 1 is 1.24 bits per heavy atom.